The Morgan fingerprint density at radius 3 is 2.79 bits per heavy atom. The van der Waals surface area contributed by atoms with E-state index in [9.17, 15) is 4.79 Å². The third-order valence-corrected chi connectivity index (χ3v) is 4.74. The number of nitrogens with zero attached hydrogens (tertiary/aromatic N) is 2. The van der Waals surface area contributed by atoms with E-state index in [-0.39, 0.29) is 10.6 Å². The van der Waals surface area contributed by atoms with Gasteiger partial charge in [0.05, 0.1) is 11.9 Å². The Hall–Kier alpha value is -1.03. The fourth-order valence-electron chi connectivity index (χ4n) is 3.02. The van der Waals surface area contributed by atoms with Crippen LogP contribution in [-0.2, 0) is 6.54 Å². The van der Waals surface area contributed by atoms with E-state index in [1.807, 2.05) is 6.92 Å². The highest BCUT2D eigenvalue weighted by Gasteiger charge is 2.31. The van der Waals surface area contributed by atoms with Crippen molar-refractivity contribution in [1.29, 1.82) is 0 Å². The normalized spacial score (nSPS) is 26.6. The van der Waals surface area contributed by atoms with Gasteiger partial charge in [0.25, 0.3) is 5.56 Å². The summed E-state index contributed by atoms with van der Waals surface area (Å²) in [6, 6.07) is 0.390. The van der Waals surface area contributed by atoms with Gasteiger partial charge in [-0.25, -0.2) is 4.68 Å². The van der Waals surface area contributed by atoms with Gasteiger partial charge in [0.2, 0.25) is 0 Å². The van der Waals surface area contributed by atoms with Crippen LogP contribution in [0.1, 0.15) is 40.0 Å². The number of halogens is 1. The number of rotatable bonds is 4. The summed E-state index contributed by atoms with van der Waals surface area (Å²) >= 11 is 6.14. The van der Waals surface area contributed by atoms with Crippen LogP contribution in [-0.4, -0.2) is 15.8 Å². The number of aromatic nitrogens is 2. The van der Waals surface area contributed by atoms with Gasteiger partial charge in [-0.3, -0.25) is 4.79 Å². The van der Waals surface area contributed by atoms with Gasteiger partial charge in [0, 0.05) is 12.6 Å². The van der Waals surface area contributed by atoms with Crippen molar-refractivity contribution >= 4 is 17.3 Å². The van der Waals surface area contributed by atoms with Crippen molar-refractivity contribution < 1.29 is 0 Å². The van der Waals surface area contributed by atoms with E-state index < -0.39 is 0 Å². The Labute approximate surface area is 119 Å². The van der Waals surface area contributed by atoms with Crippen molar-refractivity contribution in [1.82, 2.24) is 9.78 Å². The molecule has 1 aliphatic carbocycles. The summed E-state index contributed by atoms with van der Waals surface area (Å²) in [5, 5.41) is 7.78. The van der Waals surface area contributed by atoms with Crippen LogP contribution in [0.15, 0.2) is 11.0 Å². The average molecular weight is 284 g/mol. The molecular weight excluding hydrogens is 262 g/mol. The first-order valence-electron chi connectivity index (χ1n) is 7.10. The van der Waals surface area contributed by atoms with Gasteiger partial charge in [-0.15, -0.1) is 0 Å². The van der Waals surface area contributed by atoms with Crippen molar-refractivity contribution in [2.75, 3.05) is 5.32 Å². The minimum atomic E-state index is -0.216. The molecule has 0 spiro atoms. The molecule has 5 heteroatoms. The van der Waals surface area contributed by atoms with Crippen molar-refractivity contribution in [2.45, 2.75) is 52.6 Å². The lowest BCUT2D eigenvalue weighted by molar-refractivity contribution is 0.392. The molecule has 106 valence electrons. The first-order valence-corrected chi connectivity index (χ1v) is 7.48. The molecule has 1 heterocycles. The molecule has 0 bridgehead atoms. The maximum Gasteiger partial charge on any atom is 0.287 e. The summed E-state index contributed by atoms with van der Waals surface area (Å²) in [7, 11) is 0. The van der Waals surface area contributed by atoms with Gasteiger partial charge in [-0.2, -0.15) is 5.10 Å². The molecule has 1 saturated carbocycles. The Morgan fingerprint density at radius 2 is 2.21 bits per heavy atom. The Bertz CT molecular complexity index is 500. The van der Waals surface area contributed by atoms with Crippen LogP contribution in [0.4, 0.5) is 5.69 Å². The van der Waals surface area contributed by atoms with Crippen LogP contribution in [0.5, 0.6) is 0 Å². The van der Waals surface area contributed by atoms with Gasteiger partial charge < -0.3 is 5.32 Å². The zero-order valence-electron chi connectivity index (χ0n) is 11.8. The fourth-order valence-corrected chi connectivity index (χ4v) is 3.22. The molecule has 1 aromatic rings. The van der Waals surface area contributed by atoms with E-state index in [1.54, 1.807) is 6.20 Å². The van der Waals surface area contributed by atoms with Gasteiger partial charge in [0.15, 0.2) is 0 Å². The summed E-state index contributed by atoms with van der Waals surface area (Å²) in [5.41, 5.74) is 0.455. The van der Waals surface area contributed by atoms with Crippen LogP contribution in [0.2, 0.25) is 5.02 Å². The molecule has 3 atom stereocenters. The zero-order chi connectivity index (χ0) is 14.0. The molecular formula is C14H22ClN3O. The largest absolute Gasteiger partial charge is 0.379 e. The first kappa shape index (κ1) is 14.4. The Kier molecular flexibility index (Phi) is 4.50. The number of aryl methyl sites for hydroxylation is 1. The van der Waals surface area contributed by atoms with Crippen LogP contribution in [0.3, 0.4) is 0 Å². The van der Waals surface area contributed by atoms with Crippen molar-refractivity contribution in [3.8, 4) is 0 Å². The standard InChI is InChI=1S/C14H22ClN3O/c1-4-10-6-7-11(9(10)3)17-12-8-16-18(5-2)14(19)13(12)15/h8-11,17H,4-7H2,1-3H3. The molecule has 1 aromatic heterocycles. The number of hydrogen-bond acceptors (Lipinski definition) is 3. The summed E-state index contributed by atoms with van der Waals surface area (Å²) in [6.07, 6.45) is 5.25. The smallest absolute Gasteiger partial charge is 0.287 e. The minimum Gasteiger partial charge on any atom is -0.379 e. The average Bonchev–Trinajstić information content (AvgIpc) is 2.76. The van der Waals surface area contributed by atoms with Crippen molar-refractivity contribution in [2.24, 2.45) is 11.8 Å². The molecule has 1 aliphatic rings. The second-order valence-electron chi connectivity index (χ2n) is 5.35. The third kappa shape index (κ3) is 2.78. The lowest BCUT2D eigenvalue weighted by Crippen LogP contribution is -2.28. The number of anilines is 1. The SMILES string of the molecule is CCC1CCC(Nc2cnn(CC)c(=O)c2Cl)C1C. The number of hydrogen-bond donors (Lipinski definition) is 1. The van der Waals surface area contributed by atoms with E-state index >= 15 is 0 Å². The van der Waals surface area contributed by atoms with Crippen LogP contribution >= 0.6 is 11.6 Å². The summed E-state index contributed by atoms with van der Waals surface area (Å²) in [4.78, 5) is 11.9. The van der Waals surface area contributed by atoms with Crippen LogP contribution in [0, 0.1) is 11.8 Å². The molecule has 0 saturated heterocycles. The summed E-state index contributed by atoms with van der Waals surface area (Å²) in [5.74, 6) is 1.37. The predicted octanol–water partition coefficient (Wildman–Crippen LogP) is 3.15. The molecule has 0 radical (unpaired) electrons. The van der Waals surface area contributed by atoms with E-state index in [0.29, 0.717) is 24.2 Å². The molecule has 19 heavy (non-hydrogen) atoms. The third-order valence-electron chi connectivity index (χ3n) is 4.38. The van der Waals surface area contributed by atoms with Gasteiger partial charge in [-0.1, -0.05) is 31.9 Å². The van der Waals surface area contributed by atoms with Crippen molar-refractivity contribution in [3.63, 3.8) is 0 Å². The lowest BCUT2D eigenvalue weighted by Gasteiger charge is -2.22. The van der Waals surface area contributed by atoms with E-state index in [4.69, 9.17) is 11.6 Å². The van der Waals surface area contributed by atoms with E-state index in [1.165, 1.54) is 17.5 Å². The summed E-state index contributed by atoms with van der Waals surface area (Å²) in [6.45, 7) is 6.92. The van der Waals surface area contributed by atoms with Crippen molar-refractivity contribution in [3.05, 3.63) is 21.6 Å². The quantitative estimate of drug-likeness (QED) is 0.923. The number of nitrogens with one attached hydrogen (secondary N) is 1. The zero-order valence-corrected chi connectivity index (χ0v) is 12.6. The molecule has 3 unspecified atom stereocenters. The first-order chi connectivity index (χ1) is 9.08. The summed E-state index contributed by atoms with van der Waals surface area (Å²) < 4.78 is 1.38. The molecule has 1 N–H and O–H groups in total. The molecule has 0 aliphatic heterocycles. The van der Waals surface area contributed by atoms with Gasteiger partial charge >= 0.3 is 0 Å². The maximum absolute atomic E-state index is 11.9. The monoisotopic (exact) mass is 283 g/mol. The molecule has 0 aromatic carbocycles. The fraction of sp³-hybridized carbons (Fsp3) is 0.714. The highest BCUT2D eigenvalue weighted by Crippen LogP contribution is 2.36. The Morgan fingerprint density at radius 1 is 1.47 bits per heavy atom. The molecule has 4 nitrogen and oxygen atoms in total. The van der Waals surface area contributed by atoms with Gasteiger partial charge in [0.1, 0.15) is 5.02 Å². The predicted molar refractivity (Wildman–Crippen MR) is 78.8 cm³/mol. The topological polar surface area (TPSA) is 46.9 Å². The highest BCUT2D eigenvalue weighted by molar-refractivity contribution is 6.32. The van der Waals surface area contributed by atoms with E-state index in [0.717, 1.165) is 12.3 Å². The molecule has 2 rings (SSSR count). The molecule has 1 fully saturated rings. The Balaban J connectivity index is 2.17. The minimum absolute atomic E-state index is 0.216. The van der Waals surface area contributed by atoms with E-state index in [2.05, 4.69) is 24.3 Å². The second-order valence-corrected chi connectivity index (χ2v) is 5.73. The second kappa shape index (κ2) is 5.95. The maximum atomic E-state index is 11.9. The molecule has 0 amide bonds. The van der Waals surface area contributed by atoms with Gasteiger partial charge in [-0.05, 0) is 31.6 Å². The van der Waals surface area contributed by atoms with Crippen LogP contribution in [0.25, 0.3) is 0 Å². The van der Waals surface area contributed by atoms with Crippen LogP contribution < -0.4 is 10.9 Å². The lowest BCUT2D eigenvalue weighted by atomic mass is 9.93. The highest BCUT2D eigenvalue weighted by atomic mass is 35.5.